The van der Waals surface area contributed by atoms with E-state index in [9.17, 15) is 13.6 Å². The van der Waals surface area contributed by atoms with Crippen LogP contribution >= 0.6 is 0 Å². The highest BCUT2D eigenvalue weighted by atomic mass is 19.1. The standard InChI is InChI=1S/C21H25F2N3O2/c22-12-3-4-16(23)14(7-12)21-17(24)8-13(10-28-21)26-6-5-18-19(26)15(9-25-18)20(27)11-1-2-11/h3-4,7,11,13,15,17,21,25H,1-2,5-6,8-10,24H2/t13-,15?,17+,21-/m1/s1. The number of hydrogen-bond donors (Lipinski definition) is 2. The molecule has 4 aliphatic rings. The lowest BCUT2D eigenvalue weighted by Gasteiger charge is -2.41. The van der Waals surface area contributed by atoms with Gasteiger partial charge in [0.1, 0.15) is 23.5 Å². The monoisotopic (exact) mass is 389 g/mol. The Morgan fingerprint density at radius 3 is 2.86 bits per heavy atom. The number of halogens is 2. The van der Waals surface area contributed by atoms with Gasteiger partial charge in [-0.2, -0.15) is 0 Å². The number of rotatable bonds is 4. The smallest absolute Gasteiger partial charge is 0.146 e. The van der Waals surface area contributed by atoms with E-state index in [1.807, 2.05) is 0 Å². The number of benzene rings is 1. The molecule has 0 spiro atoms. The Balaban J connectivity index is 1.32. The van der Waals surface area contributed by atoms with E-state index in [-0.39, 0.29) is 23.4 Å². The zero-order valence-corrected chi connectivity index (χ0v) is 15.7. The maximum Gasteiger partial charge on any atom is 0.146 e. The normalized spacial score (nSPS) is 32.5. The van der Waals surface area contributed by atoms with Crippen LogP contribution in [0.5, 0.6) is 0 Å². The van der Waals surface area contributed by atoms with Crippen LogP contribution in [-0.2, 0) is 9.53 Å². The molecule has 2 fully saturated rings. The van der Waals surface area contributed by atoms with Crippen LogP contribution in [0.3, 0.4) is 0 Å². The fraction of sp³-hybridized carbons (Fsp3) is 0.571. The fourth-order valence-corrected chi connectivity index (χ4v) is 4.95. The van der Waals surface area contributed by atoms with Gasteiger partial charge < -0.3 is 20.7 Å². The van der Waals surface area contributed by atoms with Gasteiger partial charge in [0.25, 0.3) is 0 Å². The Kier molecular flexibility index (Phi) is 4.39. The van der Waals surface area contributed by atoms with Crippen LogP contribution in [0.2, 0.25) is 0 Å². The van der Waals surface area contributed by atoms with Crippen molar-refractivity contribution < 1.29 is 18.3 Å². The molecule has 1 saturated carbocycles. The number of nitrogens with zero attached hydrogens (tertiary/aromatic N) is 1. The number of nitrogens with one attached hydrogen (secondary N) is 1. The second-order valence-corrected chi connectivity index (χ2v) is 8.39. The van der Waals surface area contributed by atoms with Crippen LogP contribution in [0.15, 0.2) is 29.6 Å². The molecule has 0 amide bonds. The van der Waals surface area contributed by atoms with Crippen molar-refractivity contribution in [2.24, 2.45) is 17.6 Å². The molecule has 5 nitrogen and oxygen atoms in total. The van der Waals surface area contributed by atoms with Gasteiger partial charge in [0.2, 0.25) is 0 Å². The summed E-state index contributed by atoms with van der Waals surface area (Å²) in [6.07, 6.45) is 2.87. The molecule has 1 unspecified atom stereocenters. The van der Waals surface area contributed by atoms with E-state index in [1.165, 1.54) is 11.8 Å². The van der Waals surface area contributed by atoms with E-state index in [2.05, 4.69) is 10.2 Å². The second kappa shape index (κ2) is 6.81. The first-order chi connectivity index (χ1) is 13.5. The molecular weight excluding hydrogens is 364 g/mol. The third-order valence-electron chi connectivity index (χ3n) is 6.50. The van der Waals surface area contributed by atoms with Crippen molar-refractivity contribution in [2.75, 3.05) is 19.7 Å². The molecule has 4 atom stereocenters. The summed E-state index contributed by atoms with van der Waals surface area (Å²) < 4.78 is 33.7. The number of carbonyl (C=O) groups is 1. The molecule has 3 heterocycles. The summed E-state index contributed by atoms with van der Waals surface area (Å²) in [7, 11) is 0. The Morgan fingerprint density at radius 2 is 2.11 bits per heavy atom. The highest BCUT2D eigenvalue weighted by Crippen LogP contribution is 2.42. The summed E-state index contributed by atoms with van der Waals surface area (Å²) >= 11 is 0. The molecule has 0 aromatic heterocycles. The van der Waals surface area contributed by atoms with Crippen LogP contribution in [-0.4, -0.2) is 42.5 Å². The predicted octanol–water partition coefficient (Wildman–Crippen LogP) is 2.24. The predicted molar refractivity (Wildman–Crippen MR) is 99.0 cm³/mol. The lowest BCUT2D eigenvalue weighted by atomic mass is 9.91. The molecule has 7 heteroatoms. The van der Waals surface area contributed by atoms with E-state index in [0.717, 1.165) is 43.6 Å². The van der Waals surface area contributed by atoms with Gasteiger partial charge in [0.15, 0.2) is 0 Å². The molecule has 3 N–H and O–H groups in total. The SMILES string of the molecule is N[C@H]1C[C@@H](N2CCC3=C2C(C(=O)C2CC2)CN3)CO[C@@H]1c1cc(F)ccc1F. The molecule has 1 saturated heterocycles. The number of Topliss-reactive ketones (excluding diaryl/α,β-unsaturated/α-hetero) is 1. The minimum atomic E-state index is -0.659. The van der Waals surface area contributed by atoms with Crippen LogP contribution in [0.25, 0.3) is 0 Å². The molecule has 1 aromatic rings. The van der Waals surface area contributed by atoms with Crippen molar-refractivity contribution in [3.8, 4) is 0 Å². The van der Waals surface area contributed by atoms with Gasteiger partial charge in [-0.15, -0.1) is 0 Å². The van der Waals surface area contributed by atoms with Crippen LogP contribution in [0, 0.1) is 23.5 Å². The minimum absolute atomic E-state index is 0.0461. The van der Waals surface area contributed by atoms with Crippen molar-refractivity contribution in [1.29, 1.82) is 0 Å². The Morgan fingerprint density at radius 1 is 1.29 bits per heavy atom. The summed E-state index contributed by atoms with van der Waals surface area (Å²) in [5.41, 5.74) is 8.81. The zero-order chi connectivity index (χ0) is 19.4. The Bertz CT molecular complexity index is 839. The quantitative estimate of drug-likeness (QED) is 0.827. The maximum absolute atomic E-state index is 14.2. The number of nitrogens with two attached hydrogens (primary N) is 1. The fourth-order valence-electron chi connectivity index (χ4n) is 4.95. The van der Waals surface area contributed by atoms with Gasteiger partial charge in [-0.05, 0) is 37.5 Å². The van der Waals surface area contributed by atoms with Gasteiger partial charge in [-0.25, -0.2) is 8.78 Å². The summed E-state index contributed by atoms with van der Waals surface area (Å²) in [5, 5.41) is 3.41. The van der Waals surface area contributed by atoms with Gasteiger partial charge in [-0.3, -0.25) is 4.79 Å². The van der Waals surface area contributed by atoms with Crippen molar-refractivity contribution in [2.45, 2.75) is 43.9 Å². The first-order valence-corrected chi connectivity index (χ1v) is 10.1. The molecule has 28 heavy (non-hydrogen) atoms. The summed E-state index contributed by atoms with van der Waals surface area (Å²) in [4.78, 5) is 15.0. The van der Waals surface area contributed by atoms with Crippen LogP contribution < -0.4 is 11.1 Å². The van der Waals surface area contributed by atoms with Gasteiger partial charge in [-0.1, -0.05) is 0 Å². The van der Waals surface area contributed by atoms with Crippen LogP contribution in [0.1, 0.15) is 37.4 Å². The highest BCUT2D eigenvalue weighted by molar-refractivity contribution is 5.88. The molecule has 1 aliphatic carbocycles. The van der Waals surface area contributed by atoms with E-state index in [1.54, 1.807) is 0 Å². The summed E-state index contributed by atoms with van der Waals surface area (Å²) in [5.74, 6) is -0.486. The van der Waals surface area contributed by atoms with Gasteiger partial charge >= 0.3 is 0 Å². The highest BCUT2D eigenvalue weighted by Gasteiger charge is 2.46. The van der Waals surface area contributed by atoms with Crippen molar-refractivity contribution in [3.63, 3.8) is 0 Å². The first kappa shape index (κ1) is 18.1. The topological polar surface area (TPSA) is 67.6 Å². The first-order valence-electron chi connectivity index (χ1n) is 10.1. The van der Waals surface area contributed by atoms with E-state index >= 15 is 0 Å². The summed E-state index contributed by atoms with van der Waals surface area (Å²) in [6, 6.07) is 2.99. The molecule has 0 radical (unpaired) electrons. The second-order valence-electron chi connectivity index (χ2n) is 8.39. The van der Waals surface area contributed by atoms with Crippen molar-refractivity contribution in [3.05, 3.63) is 46.8 Å². The van der Waals surface area contributed by atoms with Crippen molar-refractivity contribution >= 4 is 5.78 Å². The van der Waals surface area contributed by atoms with E-state index < -0.39 is 23.8 Å². The molecule has 5 rings (SSSR count). The average molecular weight is 389 g/mol. The largest absolute Gasteiger partial charge is 0.386 e. The average Bonchev–Trinajstić information content (AvgIpc) is 3.32. The number of hydrogen-bond acceptors (Lipinski definition) is 5. The lowest BCUT2D eigenvalue weighted by molar-refractivity contribution is -0.123. The number of carbonyl (C=O) groups excluding carboxylic acids is 1. The Hall–Kier alpha value is -1.99. The van der Waals surface area contributed by atoms with Gasteiger partial charge in [0, 0.05) is 48.4 Å². The van der Waals surface area contributed by atoms with Gasteiger partial charge in [0.05, 0.1) is 18.6 Å². The zero-order valence-electron chi connectivity index (χ0n) is 15.7. The minimum Gasteiger partial charge on any atom is -0.386 e. The molecule has 1 aromatic carbocycles. The van der Waals surface area contributed by atoms with Crippen molar-refractivity contribution in [1.82, 2.24) is 10.2 Å². The van der Waals surface area contributed by atoms with E-state index in [4.69, 9.17) is 10.5 Å². The molecule has 150 valence electrons. The van der Waals surface area contributed by atoms with Crippen LogP contribution in [0.4, 0.5) is 8.78 Å². The Labute approximate surface area is 162 Å². The maximum atomic E-state index is 14.2. The number of ketones is 1. The number of ether oxygens (including phenoxy) is 1. The molecule has 3 aliphatic heterocycles. The third kappa shape index (κ3) is 3.01. The lowest BCUT2D eigenvalue weighted by Crippen LogP contribution is -2.49. The van der Waals surface area contributed by atoms with E-state index in [0.29, 0.717) is 25.4 Å². The third-order valence-corrected chi connectivity index (χ3v) is 6.50. The summed E-state index contributed by atoms with van der Waals surface area (Å²) in [6.45, 7) is 1.91. The molecule has 0 bridgehead atoms. The molecular formula is C21H25F2N3O2.